The Labute approximate surface area is 166 Å². The number of benzene rings is 1. The third kappa shape index (κ3) is 4.85. The van der Waals surface area contributed by atoms with Crippen molar-refractivity contribution in [3.05, 3.63) is 24.0 Å². The van der Waals surface area contributed by atoms with Crippen molar-refractivity contribution in [1.82, 2.24) is 14.5 Å². The molecule has 1 amide bonds. The van der Waals surface area contributed by atoms with Crippen LogP contribution in [0, 0.1) is 5.92 Å². The van der Waals surface area contributed by atoms with E-state index in [9.17, 15) is 4.79 Å². The zero-order valence-corrected chi connectivity index (χ0v) is 17.7. The topological polar surface area (TPSA) is 47.4 Å². The van der Waals surface area contributed by atoms with Gasteiger partial charge in [-0.3, -0.25) is 4.79 Å². The van der Waals surface area contributed by atoms with Crippen molar-refractivity contribution < 1.29 is 9.53 Å². The second-order valence-electron chi connectivity index (χ2n) is 8.37. The predicted molar refractivity (Wildman–Crippen MR) is 111 cm³/mol. The average Bonchev–Trinajstić information content (AvgIpc) is 3.01. The van der Waals surface area contributed by atoms with Crippen LogP contribution in [0.1, 0.15) is 39.4 Å². The first-order valence-corrected chi connectivity index (χ1v) is 10.7. The minimum Gasteiger partial charge on any atom is -0.384 e. The van der Waals surface area contributed by atoms with Gasteiger partial charge in [-0.15, -0.1) is 11.8 Å². The van der Waals surface area contributed by atoms with E-state index in [1.54, 1.807) is 7.11 Å². The summed E-state index contributed by atoms with van der Waals surface area (Å²) < 4.78 is 7.57. The van der Waals surface area contributed by atoms with Gasteiger partial charge in [0.05, 0.1) is 17.6 Å². The minimum atomic E-state index is -0.00806. The number of aromatic nitrogens is 2. The molecule has 1 aromatic heterocycles. The van der Waals surface area contributed by atoms with Crippen molar-refractivity contribution in [2.75, 3.05) is 32.6 Å². The Morgan fingerprint density at radius 1 is 1.30 bits per heavy atom. The lowest BCUT2D eigenvalue weighted by Gasteiger charge is -2.31. The highest BCUT2D eigenvalue weighted by Crippen LogP contribution is 2.31. The van der Waals surface area contributed by atoms with Gasteiger partial charge in [-0.05, 0) is 37.0 Å². The fourth-order valence-electron chi connectivity index (χ4n) is 3.70. The molecule has 148 valence electrons. The van der Waals surface area contributed by atoms with E-state index in [-0.39, 0.29) is 5.41 Å². The Hall–Kier alpha value is -1.53. The van der Waals surface area contributed by atoms with E-state index in [1.807, 2.05) is 16.7 Å². The molecule has 1 aliphatic rings. The van der Waals surface area contributed by atoms with Crippen LogP contribution in [0.15, 0.2) is 23.1 Å². The molecule has 1 aromatic carbocycles. The van der Waals surface area contributed by atoms with Crippen LogP contribution in [0.25, 0.3) is 11.0 Å². The van der Waals surface area contributed by atoms with E-state index >= 15 is 0 Å². The molecule has 6 heteroatoms. The van der Waals surface area contributed by atoms with Crippen LogP contribution in [0.3, 0.4) is 0 Å². The van der Waals surface area contributed by atoms with E-state index in [2.05, 4.69) is 43.5 Å². The van der Waals surface area contributed by atoms with Gasteiger partial charge in [-0.1, -0.05) is 20.8 Å². The molecule has 0 N–H and O–H groups in total. The number of ether oxygens (including phenoxy) is 1. The van der Waals surface area contributed by atoms with Crippen molar-refractivity contribution in [2.45, 2.75) is 50.5 Å². The summed E-state index contributed by atoms with van der Waals surface area (Å²) in [7, 11) is 1.74. The summed E-state index contributed by atoms with van der Waals surface area (Å²) in [6.07, 6.45) is 3.10. The second kappa shape index (κ2) is 8.65. The maximum Gasteiger partial charge on any atom is 0.209 e. The van der Waals surface area contributed by atoms with Crippen LogP contribution >= 0.6 is 11.8 Å². The van der Waals surface area contributed by atoms with Crippen molar-refractivity contribution >= 4 is 29.2 Å². The molecule has 2 heterocycles. The number of imidazole rings is 1. The van der Waals surface area contributed by atoms with Gasteiger partial charge in [0, 0.05) is 42.8 Å². The smallest absolute Gasteiger partial charge is 0.209 e. The van der Waals surface area contributed by atoms with Gasteiger partial charge in [-0.25, -0.2) is 4.98 Å². The van der Waals surface area contributed by atoms with E-state index < -0.39 is 0 Å². The number of thioether (sulfide) groups is 1. The quantitative estimate of drug-likeness (QED) is 0.409. The second-order valence-corrected chi connectivity index (χ2v) is 9.54. The molecule has 3 rings (SSSR count). The third-order valence-electron chi connectivity index (χ3n) is 5.19. The fraction of sp³-hybridized carbons (Fsp3) is 0.619. The number of carbonyl (C=O) groups is 1. The lowest BCUT2D eigenvalue weighted by molar-refractivity contribution is -0.119. The first-order valence-electron chi connectivity index (χ1n) is 9.74. The molecule has 0 unspecified atom stereocenters. The highest BCUT2D eigenvalue weighted by molar-refractivity contribution is 7.99. The van der Waals surface area contributed by atoms with E-state index in [4.69, 9.17) is 9.72 Å². The number of methoxy groups -OCH3 is 1. The third-order valence-corrected chi connectivity index (χ3v) is 6.14. The molecule has 1 fully saturated rings. The molecule has 0 aliphatic carbocycles. The van der Waals surface area contributed by atoms with Crippen molar-refractivity contribution in [3.63, 3.8) is 0 Å². The number of likely N-dealkylation sites (tertiary alicyclic amines) is 1. The number of fused-ring (bicyclic) bond motifs is 1. The lowest BCUT2D eigenvalue weighted by atomic mass is 9.93. The van der Waals surface area contributed by atoms with Crippen LogP contribution in [-0.4, -0.2) is 53.4 Å². The molecular weight excluding hydrogens is 358 g/mol. The number of carbonyl (C=O) groups excluding carboxylic acids is 1. The molecule has 0 radical (unpaired) electrons. The molecule has 1 saturated heterocycles. The number of nitrogens with zero attached hydrogens (tertiary/aromatic N) is 3. The maximum absolute atomic E-state index is 11.0. The lowest BCUT2D eigenvalue weighted by Crippen LogP contribution is -2.34. The Bertz CT molecular complexity index is 774. The molecule has 1 aliphatic heterocycles. The van der Waals surface area contributed by atoms with Crippen molar-refractivity contribution in [3.8, 4) is 0 Å². The first kappa shape index (κ1) is 20.2. The van der Waals surface area contributed by atoms with Crippen LogP contribution in [0.2, 0.25) is 0 Å². The Morgan fingerprint density at radius 3 is 2.67 bits per heavy atom. The molecular formula is C21H31N3O2S. The predicted octanol–water partition coefficient (Wildman–Crippen LogP) is 3.94. The average molecular weight is 390 g/mol. The summed E-state index contributed by atoms with van der Waals surface area (Å²) in [6.45, 7) is 10.2. The van der Waals surface area contributed by atoms with Gasteiger partial charge < -0.3 is 14.2 Å². The Kier molecular flexibility index (Phi) is 6.48. The normalized spacial score (nSPS) is 16.2. The molecule has 0 atom stereocenters. The number of piperidine rings is 1. The van der Waals surface area contributed by atoms with Gasteiger partial charge in [0.15, 0.2) is 0 Å². The summed E-state index contributed by atoms with van der Waals surface area (Å²) in [5, 5.41) is 0. The number of amides is 1. The molecule has 2 aromatic rings. The van der Waals surface area contributed by atoms with Crippen LogP contribution in [0.4, 0.5) is 0 Å². The maximum atomic E-state index is 11.0. The van der Waals surface area contributed by atoms with E-state index in [0.29, 0.717) is 5.92 Å². The zero-order valence-electron chi connectivity index (χ0n) is 16.9. The van der Waals surface area contributed by atoms with Crippen molar-refractivity contribution in [2.24, 2.45) is 5.92 Å². The summed E-state index contributed by atoms with van der Waals surface area (Å²) in [5.41, 5.74) is 2.28. The molecule has 27 heavy (non-hydrogen) atoms. The van der Waals surface area contributed by atoms with Gasteiger partial charge >= 0.3 is 0 Å². The number of hydrogen-bond donors (Lipinski definition) is 0. The van der Waals surface area contributed by atoms with E-state index in [1.165, 1.54) is 10.4 Å². The van der Waals surface area contributed by atoms with Gasteiger partial charge in [0.2, 0.25) is 6.41 Å². The summed E-state index contributed by atoms with van der Waals surface area (Å²) >= 11 is 1.81. The summed E-state index contributed by atoms with van der Waals surface area (Å²) in [4.78, 5) is 19.1. The summed E-state index contributed by atoms with van der Waals surface area (Å²) in [6, 6.07) is 6.62. The Balaban J connectivity index is 1.86. The largest absolute Gasteiger partial charge is 0.384 e. The fourth-order valence-corrected chi connectivity index (χ4v) is 4.54. The Morgan fingerprint density at radius 2 is 2.04 bits per heavy atom. The minimum absolute atomic E-state index is 0.00806. The number of rotatable bonds is 7. The number of hydrogen-bond acceptors (Lipinski definition) is 4. The highest BCUT2D eigenvalue weighted by Gasteiger charge is 2.26. The van der Waals surface area contributed by atoms with Gasteiger partial charge in [0.1, 0.15) is 5.82 Å². The van der Waals surface area contributed by atoms with Crippen LogP contribution < -0.4 is 0 Å². The monoisotopic (exact) mass is 389 g/mol. The first-order chi connectivity index (χ1) is 12.9. The molecule has 0 spiro atoms. The summed E-state index contributed by atoms with van der Waals surface area (Å²) in [5.74, 6) is 2.69. The van der Waals surface area contributed by atoms with Gasteiger partial charge in [-0.2, -0.15) is 0 Å². The van der Waals surface area contributed by atoms with Gasteiger partial charge in [0.25, 0.3) is 0 Å². The SMILES string of the molecule is COCCSc1ccc2c(c1)nc(C(C)(C)C)n2CC1CCN(C=O)CC1. The zero-order chi connectivity index (χ0) is 19.4. The van der Waals surface area contributed by atoms with Crippen LogP contribution in [-0.2, 0) is 21.5 Å². The van der Waals surface area contributed by atoms with E-state index in [0.717, 1.165) is 62.6 Å². The molecule has 5 nitrogen and oxygen atoms in total. The molecule has 0 saturated carbocycles. The van der Waals surface area contributed by atoms with Crippen LogP contribution in [0.5, 0.6) is 0 Å². The standard InChI is InChI=1S/C21H31N3O2S/c1-21(2,3)20-22-18-13-17(27-12-11-26-4)5-6-19(18)24(20)14-16-7-9-23(15-25)10-8-16/h5-6,13,15-16H,7-12,14H2,1-4H3. The molecule has 0 bridgehead atoms. The highest BCUT2D eigenvalue weighted by atomic mass is 32.2. The van der Waals surface area contributed by atoms with Crippen molar-refractivity contribution in [1.29, 1.82) is 0 Å².